The SMILES string of the molecule is C[C@@H]1CC[C@@H](C)N1C(=O)C(C(=O)O)C(C)(C)C. The van der Waals surface area contributed by atoms with Gasteiger partial charge in [0.15, 0.2) is 0 Å². The largest absolute Gasteiger partial charge is 0.481 e. The number of aliphatic carboxylic acids is 1. The fraction of sp³-hybridized carbons (Fsp3) is 0.846. The number of likely N-dealkylation sites (tertiary alicyclic amines) is 1. The Kier molecular flexibility index (Phi) is 3.84. The number of carboxylic acid groups (broad SMARTS) is 1. The van der Waals surface area contributed by atoms with E-state index < -0.39 is 17.3 Å². The maximum atomic E-state index is 12.4. The number of hydrogen-bond donors (Lipinski definition) is 1. The van der Waals surface area contributed by atoms with Crippen LogP contribution in [0.2, 0.25) is 0 Å². The number of carbonyl (C=O) groups excluding carboxylic acids is 1. The van der Waals surface area contributed by atoms with Crippen LogP contribution >= 0.6 is 0 Å². The van der Waals surface area contributed by atoms with Crippen LogP contribution in [-0.4, -0.2) is 34.0 Å². The van der Waals surface area contributed by atoms with Gasteiger partial charge in [0, 0.05) is 12.1 Å². The molecule has 1 aliphatic heterocycles. The molecular weight excluding hydrogens is 218 g/mol. The van der Waals surface area contributed by atoms with Crippen LogP contribution in [0.3, 0.4) is 0 Å². The van der Waals surface area contributed by atoms with Crippen molar-refractivity contribution >= 4 is 11.9 Å². The minimum absolute atomic E-state index is 0.154. The van der Waals surface area contributed by atoms with Gasteiger partial charge in [0.25, 0.3) is 0 Å². The normalized spacial score (nSPS) is 27.0. The van der Waals surface area contributed by atoms with Gasteiger partial charge in [-0.2, -0.15) is 0 Å². The van der Waals surface area contributed by atoms with Gasteiger partial charge in [-0.05, 0) is 32.1 Å². The molecule has 1 fully saturated rings. The lowest BCUT2D eigenvalue weighted by Crippen LogP contribution is -2.48. The fourth-order valence-corrected chi connectivity index (χ4v) is 2.62. The van der Waals surface area contributed by atoms with E-state index in [1.165, 1.54) is 0 Å². The van der Waals surface area contributed by atoms with E-state index in [4.69, 9.17) is 0 Å². The molecule has 0 saturated carbocycles. The van der Waals surface area contributed by atoms with E-state index in [9.17, 15) is 14.7 Å². The van der Waals surface area contributed by atoms with Gasteiger partial charge in [-0.3, -0.25) is 9.59 Å². The number of carbonyl (C=O) groups is 2. The van der Waals surface area contributed by atoms with Crippen LogP contribution in [0.1, 0.15) is 47.5 Å². The van der Waals surface area contributed by atoms with Crippen molar-refractivity contribution in [1.29, 1.82) is 0 Å². The number of rotatable bonds is 2. The van der Waals surface area contributed by atoms with E-state index in [0.717, 1.165) is 12.8 Å². The van der Waals surface area contributed by atoms with Crippen LogP contribution in [0.5, 0.6) is 0 Å². The lowest BCUT2D eigenvalue weighted by Gasteiger charge is -2.34. The molecule has 0 aromatic rings. The average molecular weight is 241 g/mol. The van der Waals surface area contributed by atoms with E-state index in [0.29, 0.717) is 0 Å². The smallest absolute Gasteiger partial charge is 0.316 e. The summed E-state index contributed by atoms with van der Waals surface area (Å²) in [4.78, 5) is 25.5. The topological polar surface area (TPSA) is 57.6 Å². The molecule has 0 radical (unpaired) electrons. The van der Waals surface area contributed by atoms with Gasteiger partial charge in [0.2, 0.25) is 5.91 Å². The first-order chi connectivity index (χ1) is 7.66. The number of amides is 1. The molecule has 3 atom stereocenters. The summed E-state index contributed by atoms with van der Waals surface area (Å²) in [5, 5.41) is 9.26. The van der Waals surface area contributed by atoms with Gasteiger partial charge in [0.1, 0.15) is 5.92 Å². The predicted octanol–water partition coefficient (Wildman–Crippen LogP) is 2.13. The molecule has 1 aliphatic rings. The Morgan fingerprint density at radius 2 is 1.59 bits per heavy atom. The molecule has 4 nitrogen and oxygen atoms in total. The molecule has 0 aliphatic carbocycles. The minimum Gasteiger partial charge on any atom is -0.481 e. The maximum Gasteiger partial charge on any atom is 0.316 e. The van der Waals surface area contributed by atoms with Crippen LogP contribution < -0.4 is 0 Å². The number of hydrogen-bond acceptors (Lipinski definition) is 2. The summed E-state index contributed by atoms with van der Waals surface area (Å²) in [5.74, 6) is -2.21. The Bertz CT molecular complexity index is 309. The van der Waals surface area contributed by atoms with E-state index in [-0.39, 0.29) is 18.0 Å². The first-order valence-electron chi connectivity index (χ1n) is 6.21. The quantitative estimate of drug-likeness (QED) is 0.753. The van der Waals surface area contributed by atoms with Crippen molar-refractivity contribution in [3.05, 3.63) is 0 Å². The zero-order chi connectivity index (χ0) is 13.4. The van der Waals surface area contributed by atoms with E-state index >= 15 is 0 Å². The second-order valence-corrected chi connectivity index (χ2v) is 6.16. The molecule has 98 valence electrons. The van der Waals surface area contributed by atoms with E-state index in [1.54, 1.807) is 25.7 Å². The molecular formula is C13H23NO3. The molecule has 1 heterocycles. The van der Waals surface area contributed by atoms with Crippen LogP contribution in [0.15, 0.2) is 0 Å². The fourth-order valence-electron chi connectivity index (χ4n) is 2.62. The van der Waals surface area contributed by atoms with Crippen molar-refractivity contribution in [2.45, 2.75) is 59.5 Å². The summed E-state index contributed by atoms with van der Waals surface area (Å²) in [6.07, 6.45) is 1.92. The molecule has 0 aromatic carbocycles. The molecule has 1 amide bonds. The third-order valence-corrected chi connectivity index (χ3v) is 3.57. The number of nitrogens with zero attached hydrogens (tertiary/aromatic N) is 1. The van der Waals surface area contributed by atoms with Crippen molar-refractivity contribution in [2.24, 2.45) is 11.3 Å². The van der Waals surface area contributed by atoms with Gasteiger partial charge >= 0.3 is 5.97 Å². The van der Waals surface area contributed by atoms with Crippen LogP contribution in [0.25, 0.3) is 0 Å². The Hall–Kier alpha value is -1.06. The van der Waals surface area contributed by atoms with Crippen LogP contribution in [-0.2, 0) is 9.59 Å². The van der Waals surface area contributed by atoms with Crippen molar-refractivity contribution in [3.63, 3.8) is 0 Å². The highest BCUT2D eigenvalue weighted by Gasteiger charge is 2.44. The Morgan fingerprint density at radius 3 is 1.88 bits per heavy atom. The van der Waals surface area contributed by atoms with Crippen molar-refractivity contribution in [3.8, 4) is 0 Å². The Labute approximate surface area is 103 Å². The summed E-state index contributed by atoms with van der Waals surface area (Å²) in [6, 6.07) is 0.309. The molecule has 17 heavy (non-hydrogen) atoms. The van der Waals surface area contributed by atoms with E-state index in [2.05, 4.69) is 0 Å². The third kappa shape index (κ3) is 2.79. The highest BCUT2D eigenvalue weighted by molar-refractivity contribution is 5.98. The second kappa shape index (κ2) is 4.67. The molecule has 1 saturated heterocycles. The Morgan fingerprint density at radius 1 is 1.18 bits per heavy atom. The summed E-state index contributed by atoms with van der Waals surface area (Å²) in [7, 11) is 0. The zero-order valence-corrected chi connectivity index (χ0v) is 11.4. The summed E-state index contributed by atoms with van der Waals surface area (Å²) < 4.78 is 0. The number of carboxylic acids is 1. The average Bonchev–Trinajstić information content (AvgIpc) is 2.42. The minimum atomic E-state index is -1.02. The van der Waals surface area contributed by atoms with Gasteiger partial charge in [-0.1, -0.05) is 20.8 Å². The highest BCUT2D eigenvalue weighted by Crippen LogP contribution is 2.32. The van der Waals surface area contributed by atoms with Crippen molar-refractivity contribution in [2.75, 3.05) is 0 Å². The summed E-state index contributed by atoms with van der Waals surface area (Å²) in [6.45, 7) is 9.38. The van der Waals surface area contributed by atoms with Crippen LogP contribution in [0, 0.1) is 11.3 Å². The molecule has 1 rings (SSSR count). The lowest BCUT2D eigenvalue weighted by atomic mass is 9.79. The summed E-state index contributed by atoms with van der Waals surface area (Å²) in [5.41, 5.74) is -0.551. The molecule has 0 bridgehead atoms. The molecule has 1 unspecified atom stereocenters. The van der Waals surface area contributed by atoms with Gasteiger partial charge in [-0.15, -0.1) is 0 Å². The van der Waals surface area contributed by atoms with Crippen molar-refractivity contribution in [1.82, 2.24) is 4.90 Å². The zero-order valence-electron chi connectivity index (χ0n) is 11.4. The standard InChI is InChI=1S/C13H23NO3/c1-8-6-7-9(2)14(8)11(15)10(12(16)17)13(3,4)5/h8-10H,6-7H2,1-5H3,(H,16,17)/t8-,9-,10?/m1/s1. The monoisotopic (exact) mass is 241 g/mol. The Balaban J connectivity index is 2.97. The first kappa shape index (κ1) is 14.0. The maximum absolute atomic E-state index is 12.4. The molecule has 1 N–H and O–H groups in total. The lowest BCUT2D eigenvalue weighted by molar-refractivity contribution is -0.157. The third-order valence-electron chi connectivity index (χ3n) is 3.57. The highest BCUT2D eigenvalue weighted by atomic mass is 16.4. The molecule has 0 aromatic heterocycles. The molecule has 4 heteroatoms. The second-order valence-electron chi connectivity index (χ2n) is 6.16. The van der Waals surface area contributed by atoms with Crippen molar-refractivity contribution < 1.29 is 14.7 Å². The summed E-state index contributed by atoms with van der Waals surface area (Å²) >= 11 is 0. The first-order valence-corrected chi connectivity index (χ1v) is 6.21. The van der Waals surface area contributed by atoms with Crippen LogP contribution in [0.4, 0.5) is 0 Å². The van der Waals surface area contributed by atoms with E-state index in [1.807, 2.05) is 13.8 Å². The van der Waals surface area contributed by atoms with Gasteiger partial charge in [0.05, 0.1) is 0 Å². The van der Waals surface area contributed by atoms with Gasteiger partial charge < -0.3 is 10.0 Å². The predicted molar refractivity (Wildman–Crippen MR) is 65.6 cm³/mol. The van der Waals surface area contributed by atoms with Gasteiger partial charge in [-0.25, -0.2) is 0 Å². The molecule has 0 spiro atoms.